The second-order valence-electron chi connectivity index (χ2n) is 6.57. The molecule has 1 amide bonds. The molecule has 2 N–H and O–H groups in total. The van der Waals surface area contributed by atoms with Crippen LogP contribution in [0.25, 0.3) is 0 Å². The van der Waals surface area contributed by atoms with Crippen LogP contribution in [0.4, 0.5) is 11.4 Å². The molecular formula is C21H27BrN2O3. The molecule has 0 unspecified atom stereocenters. The minimum Gasteiger partial charge on any atom is -0.493 e. The summed E-state index contributed by atoms with van der Waals surface area (Å²) in [4.78, 5) is 12.0. The molecule has 0 aliphatic carbocycles. The van der Waals surface area contributed by atoms with E-state index >= 15 is 0 Å². The van der Waals surface area contributed by atoms with Gasteiger partial charge in [-0.25, -0.2) is 0 Å². The number of methoxy groups -OCH3 is 1. The third kappa shape index (κ3) is 6.17. The largest absolute Gasteiger partial charge is 0.493 e. The van der Waals surface area contributed by atoms with Crippen LogP contribution in [0, 0.1) is 5.92 Å². The number of benzene rings is 2. The molecule has 0 aromatic heterocycles. The molecule has 0 saturated carbocycles. The molecule has 2 aromatic carbocycles. The fraction of sp³-hybridized carbons (Fsp3) is 0.381. The maximum Gasteiger partial charge on any atom is 0.224 e. The van der Waals surface area contributed by atoms with Gasteiger partial charge < -0.3 is 20.1 Å². The number of carbonyl (C=O) groups is 1. The first-order valence-electron chi connectivity index (χ1n) is 9.06. The summed E-state index contributed by atoms with van der Waals surface area (Å²) < 4.78 is 12.2. The van der Waals surface area contributed by atoms with E-state index < -0.39 is 0 Å². The Hall–Kier alpha value is -2.21. The van der Waals surface area contributed by atoms with Gasteiger partial charge in [-0.2, -0.15) is 0 Å². The Morgan fingerprint density at radius 2 is 1.93 bits per heavy atom. The number of anilines is 2. The van der Waals surface area contributed by atoms with Crippen LogP contribution in [0.3, 0.4) is 0 Å². The van der Waals surface area contributed by atoms with E-state index in [2.05, 4.69) is 26.6 Å². The van der Waals surface area contributed by atoms with E-state index in [1.807, 2.05) is 57.2 Å². The van der Waals surface area contributed by atoms with Crippen LogP contribution in [0.5, 0.6) is 11.5 Å². The van der Waals surface area contributed by atoms with Gasteiger partial charge in [0.05, 0.1) is 13.7 Å². The van der Waals surface area contributed by atoms with Gasteiger partial charge in [0.15, 0.2) is 11.5 Å². The third-order valence-electron chi connectivity index (χ3n) is 3.89. The van der Waals surface area contributed by atoms with E-state index in [0.29, 0.717) is 31.2 Å². The maximum absolute atomic E-state index is 12.0. The Kier molecular flexibility index (Phi) is 7.98. The zero-order valence-corrected chi connectivity index (χ0v) is 17.9. The van der Waals surface area contributed by atoms with Crippen molar-refractivity contribution in [3.8, 4) is 11.5 Å². The van der Waals surface area contributed by atoms with Gasteiger partial charge in [0, 0.05) is 34.4 Å². The van der Waals surface area contributed by atoms with Crippen LogP contribution >= 0.6 is 15.9 Å². The molecule has 0 aliphatic heterocycles. The second-order valence-corrected chi connectivity index (χ2v) is 7.43. The summed E-state index contributed by atoms with van der Waals surface area (Å²) >= 11 is 3.59. The van der Waals surface area contributed by atoms with Crippen molar-refractivity contribution in [3.05, 3.63) is 46.4 Å². The van der Waals surface area contributed by atoms with Crippen molar-refractivity contribution in [1.82, 2.24) is 0 Å². The first kappa shape index (κ1) is 21.1. The van der Waals surface area contributed by atoms with Gasteiger partial charge in [0.25, 0.3) is 0 Å². The van der Waals surface area contributed by atoms with Crippen LogP contribution in [-0.2, 0) is 11.3 Å². The van der Waals surface area contributed by atoms with Gasteiger partial charge in [-0.15, -0.1) is 0 Å². The summed E-state index contributed by atoms with van der Waals surface area (Å²) in [6, 6.07) is 11.5. The fourth-order valence-corrected chi connectivity index (χ4v) is 3.14. The lowest BCUT2D eigenvalue weighted by atomic mass is 10.1. The lowest BCUT2D eigenvalue weighted by Crippen LogP contribution is -2.14. The van der Waals surface area contributed by atoms with E-state index in [0.717, 1.165) is 27.2 Å². The minimum atomic E-state index is 0.0244. The summed E-state index contributed by atoms with van der Waals surface area (Å²) in [7, 11) is 1.63. The van der Waals surface area contributed by atoms with Gasteiger partial charge in [-0.1, -0.05) is 35.8 Å². The van der Waals surface area contributed by atoms with Gasteiger partial charge in [-0.05, 0) is 43.2 Å². The van der Waals surface area contributed by atoms with Gasteiger partial charge in [0.2, 0.25) is 5.91 Å². The highest BCUT2D eigenvalue weighted by Crippen LogP contribution is 2.36. The number of nitrogens with one attached hydrogen (secondary N) is 2. The zero-order valence-electron chi connectivity index (χ0n) is 16.3. The molecule has 0 spiro atoms. The normalized spacial score (nSPS) is 10.6. The van der Waals surface area contributed by atoms with E-state index in [9.17, 15) is 4.79 Å². The number of carbonyl (C=O) groups excluding carboxylic acids is 1. The van der Waals surface area contributed by atoms with Crippen molar-refractivity contribution >= 4 is 33.2 Å². The molecule has 0 bridgehead atoms. The highest BCUT2D eigenvalue weighted by Gasteiger charge is 2.14. The molecule has 0 saturated heterocycles. The van der Waals surface area contributed by atoms with Crippen molar-refractivity contribution in [3.63, 3.8) is 0 Å². The van der Waals surface area contributed by atoms with Crippen LogP contribution in [0.15, 0.2) is 40.9 Å². The SMILES string of the molecule is CCOc1c(OC)ccc(Br)c1CNc1cccc(NC(=O)CC(C)C)c1. The highest BCUT2D eigenvalue weighted by molar-refractivity contribution is 9.10. The van der Waals surface area contributed by atoms with E-state index in [4.69, 9.17) is 9.47 Å². The topological polar surface area (TPSA) is 59.6 Å². The number of ether oxygens (including phenoxy) is 2. The van der Waals surface area contributed by atoms with Gasteiger partial charge >= 0.3 is 0 Å². The maximum atomic E-state index is 12.0. The van der Waals surface area contributed by atoms with Gasteiger partial charge in [-0.3, -0.25) is 4.79 Å². The molecular weight excluding hydrogens is 408 g/mol. The van der Waals surface area contributed by atoms with Crippen molar-refractivity contribution < 1.29 is 14.3 Å². The monoisotopic (exact) mass is 434 g/mol. The number of amides is 1. The predicted octanol–water partition coefficient (Wildman–Crippen LogP) is 5.45. The fourth-order valence-electron chi connectivity index (χ4n) is 2.69. The van der Waals surface area contributed by atoms with Crippen LogP contribution < -0.4 is 20.1 Å². The number of hydrogen-bond donors (Lipinski definition) is 2. The summed E-state index contributed by atoms with van der Waals surface area (Å²) in [5.74, 6) is 1.78. The molecule has 27 heavy (non-hydrogen) atoms. The lowest BCUT2D eigenvalue weighted by Gasteiger charge is -2.17. The molecule has 0 atom stereocenters. The smallest absolute Gasteiger partial charge is 0.224 e. The Labute approximate surface area is 169 Å². The third-order valence-corrected chi connectivity index (χ3v) is 4.63. The Morgan fingerprint density at radius 1 is 1.19 bits per heavy atom. The highest BCUT2D eigenvalue weighted by atomic mass is 79.9. The van der Waals surface area contributed by atoms with Crippen molar-refractivity contribution in [2.75, 3.05) is 24.4 Å². The zero-order chi connectivity index (χ0) is 19.8. The number of rotatable bonds is 9. The van der Waals surface area contributed by atoms with Crippen LogP contribution in [0.1, 0.15) is 32.8 Å². The Bertz CT molecular complexity index is 778. The van der Waals surface area contributed by atoms with E-state index in [-0.39, 0.29) is 5.91 Å². The van der Waals surface area contributed by atoms with Crippen molar-refractivity contribution in [2.45, 2.75) is 33.7 Å². The molecule has 2 rings (SSSR count). The Morgan fingerprint density at radius 3 is 2.59 bits per heavy atom. The van der Waals surface area contributed by atoms with Crippen LogP contribution in [0.2, 0.25) is 0 Å². The molecule has 0 radical (unpaired) electrons. The first-order chi connectivity index (χ1) is 12.9. The summed E-state index contributed by atoms with van der Waals surface area (Å²) in [5.41, 5.74) is 2.67. The molecule has 6 heteroatoms. The standard InChI is InChI=1S/C21H27BrN2O3/c1-5-27-21-17(18(22)9-10-19(21)26-4)13-23-15-7-6-8-16(12-15)24-20(25)11-14(2)3/h6-10,12,14,23H,5,11,13H2,1-4H3,(H,24,25). The van der Waals surface area contributed by atoms with Crippen molar-refractivity contribution in [2.24, 2.45) is 5.92 Å². The molecule has 0 aliphatic rings. The average Bonchev–Trinajstić information content (AvgIpc) is 2.61. The van der Waals surface area contributed by atoms with Crippen molar-refractivity contribution in [1.29, 1.82) is 0 Å². The lowest BCUT2D eigenvalue weighted by molar-refractivity contribution is -0.116. The summed E-state index contributed by atoms with van der Waals surface area (Å²) in [6.07, 6.45) is 0.506. The quantitative estimate of drug-likeness (QED) is 0.550. The molecule has 2 aromatic rings. The molecule has 0 fully saturated rings. The predicted molar refractivity (Wildman–Crippen MR) is 114 cm³/mol. The first-order valence-corrected chi connectivity index (χ1v) is 9.85. The molecule has 146 valence electrons. The Balaban J connectivity index is 2.13. The van der Waals surface area contributed by atoms with Gasteiger partial charge in [0.1, 0.15) is 0 Å². The average molecular weight is 435 g/mol. The molecule has 5 nitrogen and oxygen atoms in total. The van der Waals surface area contributed by atoms with E-state index in [1.165, 1.54) is 0 Å². The number of halogens is 1. The van der Waals surface area contributed by atoms with Crippen LogP contribution in [-0.4, -0.2) is 19.6 Å². The summed E-state index contributed by atoms with van der Waals surface area (Å²) in [6.45, 7) is 7.10. The second kappa shape index (κ2) is 10.2. The summed E-state index contributed by atoms with van der Waals surface area (Å²) in [5, 5.41) is 6.33. The minimum absolute atomic E-state index is 0.0244. The molecule has 0 heterocycles. The van der Waals surface area contributed by atoms with E-state index in [1.54, 1.807) is 7.11 Å². The number of hydrogen-bond acceptors (Lipinski definition) is 4.